The number of rotatable bonds is 4. The number of amides is 1. The van der Waals surface area contributed by atoms with Crippen LogP contribution in [-0.2, 0) is 4.79 Å². The van der Waals surface area contributed by atoms with Gasteiger partial charge in [0.05, 0.1) is 12.6 Å². The van der Waals surface area contributed by atoms with Crippen LogP contribution in [0, 0.1) is 0 Å². The summed E-state index contributed by atoms with van der Waals surface area (Å²) in [5.74, 6) is 1.28. The van der Waals surface area contributed by atoms with Gasteiger partial charge in [0.25, 0.3) is 0 Å². The van der Waals surface area contributed by atoms with E-state index in [1.54, 1.807) is 6.92 Å². The molecule has 1 aliphatic heterocycles. The van der Waals surface area contributed by atoms with Crippen LogP contribution in [0.2, 0.25) is 0 Å². The van der Waals surface area contributed by atoms with Gasteiger partial charge in [-0.3, -0.25) is 4.79 Å². The molecule has 2 atom stereocenters. The van der Waals surface area contributed by atoms with Crippen LogP contribution in [-0.4, -0.2) is 12.5 Å². The summed E-state index contributed by atoms with van der Waals surface area (Å²) in [6.45, 7) is 8.58. The van der Waals surface area contributed by atoms with Crippen LogP contribution in [0.25, 0.3) is 0 Å². The predicted molar refractivity (Wildman–Crippen MR) is 84.4 cm³/mol. The smallest absolute Gasteiger partial charge is 0.217 e. The molecule has 4 nitrogen and oxygen atoms in total. The van der Waals surface area contributed by atoms with Crippen molar-refractivity contribution >= 4 is 5.91 Å². The Morgan fingerprint density at radius 2 is 2.19 bits per heavy atom. The van der Waals surface area contributed by atoms with Gasteiger partial charge < -0.3 is 15.8 Å². The Labute approximate surface area is 127 Å². The Morgan fingerprint density at radius 1 is 1.48 bits per heavy atom. The van der Waals surface area contributed by atoms with Crippen LogP contribution < -0.4 is 15.8 Å². The van der Waals surface area contributed by atoms with Gasteiger partial charge in [0, 0.05) is 30.5 Å². The molecule has 0 saturated carbocycles. The summed E-state index contributed by atoms with van der Waals surface area (Å²) >= 11 is 0. The first-order valence-corrected chi connectivity index (χ1v) is 7.77. The molecule has 21 heavy (non-hydrogen) atoms. The number of hydrogen-bond acceptors (Lipinski definition) is 3. The summed E-state index contributed by atoms with van der Waals surface area (Å²) in [6.07, 6.45) is 1.66. The molecule has 116 valence electrons. The summed E-state index contributed by atoms with van der Waals surface area (Å²) in [6, 6.07) is 4.31. The summed E-state index contributed by atoms with van der Waals surface area (Å²) in [7, 11) is 0. The molecule has 4 heteroatoms. The van der Waals surface area contributed by atoms with E-state index in [1.165, 1.54) is 5.56 Å². The van der Waals surface area contributed by atoms with Crippen molar-refractivity contribution in [2.45, 2.75) is 58.5 Å². The van der Waals surface area contributed by atoms with Gasteiger partial charge in [0.1, 0.15) is 5.75 Å². The molecule has 2 unspecified atom stereocenters. The van der Waals surface area contributed by atoms with Gasteiger partial charge in [-0.15, -0.1) is 0 Å². The van der Waals surface area contributed by atoms with Crippen LogP contribution in [0.4, 0.5) is 0 Å². The highest BCUT2D eigenvalue weighted by atomic mass is 16.5. The average Bonchev–Trinajstić information content (AvgIpc) is 2.45. The zero-order chi connectivity index (χ0) is 15.6. The van der Waals surface area contributed by atoms with Crippen LogP contribution in [0.15, 0.2) is 12.1 Å². The quantitative estimate of drug-likeness (QED) is 0.895. The van der Waals surface area contributed by atoms with Gasteiger partial charge in [0.15, 0.2) is 0 Å². The summed E-state index contributed by atoms with van der Waals surface area (Å²) in [5, 5.41) is 3.03. The van der Waals surface area contributed by atoms with E-state index in [9.17, 15) is 4.79 Å². The Morgan fingerprint density at radius 3 is 2.76 bits per heavy atom. The monoisotopic (exact) mass is 290 g/mol. The number of fused-ring (bicyclic) bond motifs is 1. The topological polar surface area (TPSA) is 64.3 Å². The van der Waals surface area contributed by atoms with E-state index in [-0.39, 0.29) is 18.0 Å². The molecule has 0 fully saturated rings. The second kappa shape index (κ2) is 6.48. The standard InChI is InChI=1S/C17H26N2O2/c1-5-15(18)13-8-12(10(2)3)9-14-16(19-11(4)20)6-7-21-17(13)14/h8-10,15-16H,5-7,18H2,1-4H3,(H,19,20). The molecular weight excluding hydrogens is 264 g/mol. The maximum Gasteiger partial charge on any atom is 0.217 e. The second-order valence-corrected chi connectivity index (χ2v) is 6.09. The number of carbonyl (C=O) groups is 1. The molecule has 0 aromatic heterocycles. The van der Waals surface area contributed by atoms with E-state index in [2.05, 4.69) is 38.2 Å². The molecule has 0 radical (unpaired) electrons. The summed E-state index contributed by atoms with van der Waals surface area (Å²) in [4.78, 5) is 11.4. The molecule has 1 amide bonds. The predicted octanol–water partition coefficient (Wildman–Crippen LogP) is 3.18. The Hall–Kier alpha value is -1.55. The van der Waals surface area contributed by atoms with Crippen LogP contribution >= 0.6 is 0 Å². The molecule has 0 bridgehead atoms. The van der Waals surface area contributed by atoms with Crippen molar-refractivity contribution in [2.24, 2.45) is 5.73 Å². The van der Waals surface area contributed by atoms with Crippen molar-refractivity contribution < 1.29 is 9.53 Å². The minimum absolute atomic E-state index is 0.0101. The van der Waals surface area contributed by atoms with Crippen molar-refractivity contribution in [2.75, 3.05) is 6.61 Å². The number of ether oxygens (including phenoxy) is 1. The molecule has 1 aromatic carbocycles. The Bertz CT molecular complexity index is 526. The molecule has 1 heterocycles. The van der Waals surface area contributed by atoms with Crippen molar-refractivity contribution in [3.05, 3.63) is 28.8 Å². The SMILES string of the molecule is CCC(N)c1cc(C(C)C)cc2c1OCCC2NC(C)=O. The van der Waals surface area contributed by atoms with Gasteiger partial charge in [-0.2, -0.15) is 0 Å². The van der Waals surface area contributed by atoms with Crippen LogP contribution in [0.3, 0.4) is 0 Å². The van der Waals surface area contributed by atoms with Gasteiger partial charge in [-0.05, 0) is 24.0 Å². The largest absolute Gasteiger partial charge is 0.493 e. The van der Waals surface area contributed by atoms with E-state index in [0.717, 1.165) is 29.7 Å². The first-order chi connectivity index (χ1) is 9.93. The Kier molecular flexibility index (Phi) is 4.88. The molecule has 0 spiro atoms. The molecule has 2 rings (SSSR count). The summed E-state index contributed by atoms with van der Waals surface area (Å²) in [5.41, 5.74) is 9.65. The first-order valence-electron chi connectivity index (χ1n) is 7.77. The lowest BCUT2D eigenvalue weighted by atomic mass is 9.88. The number of carbonyl (C=O) groups excluding carboxylic acids is 1. The molecular formula is C17H26N2O2. The number of hydrogen-bond donors (Lipinski definition) is 2. The lowest BCUT2D eigenvalue weighted by Crippen LogP contribution is -2.31. The van der Waals surface area contributed by atoms with Crippen molar-refractivity contribution in [1.29, 1.82) is 0 Å². The zero-order valence-corrected chi connectivity index (χ0v) is 13.4. The minimum atomic E-state index is -0.0338. The highest BCUT2D eigenvalue weighted by Gasteiger charge is 2.27. The number of nitrogens with one attached hydrogen (secondary N) is 1. The third-order valence-electron chi connectivity index (χ3n) is 4.08. The maximum atomic E-state index is 11.4. The van der Waals surface area contributed by atoms with Crippen LogP contribution in [0.1, 0.15) is 75.2 Å². The molecule has 3 N–H and O–H groups in total. The minimum Gasteiger partial charge on any atom is -0.493 e. The number of nitrogens with two attached hydrogens (primary N) is 1. The third-order valence-corrected chi connectivity index (χ3v) is 4.08. The molecule has 0 saturated heterocycles. The van der Waals surface area contributed by atoms with Crippen molar-refractivity contribution in [3.8, 4) is 5.75 Å². The normalized spacial score (nSPS) is 18.9. The van der Waals surface area contributed by atoms with Gasteiger partial charge in [-0.25, -0.2) is 0 Å². The lowest BCUT2D eigenvalue weighted by Gasteiger charge is -2.30. The molecule has 0 aliphatic carbocycles. The lowest BCUT2D eigenvalue weighted by molar-refractivity contribution is -0.119. The second-order valence-electron chi connectivity index (χ2n) is 6.09. The fourth-order valence-corrected chi connectivity index (χ4v) is 2.78. The van der Waals surface area contributed by atoms with Crippen molar-refractivity contribution in [1.82, 2.24) is 5.32 Å². The highest BCUT2D eigenvalue weighted by molar-refractivity contribution is 5.73. The third kappa shape index (κ3) is 3.38. The van der Waals surface area contributed by atoms with E-state index in [4.69, 9.17) is 10.5 Å². The van der Waals surface area contributed by atoms with E-state index >= 15 is 0 Å². The van der Waals surface area contributed by atoms with E-state index < -0.39 is 0 Å². The van der Waals surface area contributed by atoms with Crippen molar-refractivity contribution in [3.63, 3.8) is 0 Å². The highest BCUT2D eigenvalue weighted by Crippen LogP contribution is 2.40. The number of benzene rings is 1. The van der Waals surface area contributed by atoms with Gasteiger partial charge in [-0.1, -0.05) is 26.8 Å². The zero-order valence-electron chi connectivity index (χ0n) is 13.4. The van der Waals surface area contributed by atoms with E-state index in [1.807, 2.05) is 0 Å². The fraction of sp³-hybridized carbons (Fsp3) is 0.588. The average molecular weight is 290 g/mol. The maximum absolute atomic E-state index is 11.4. The summed E-state index contributed by atoms with van der Waals surface area (Å²) < 4.78 is 5.89. The molecule has 1 aliphatic rings. The Balaban J connectivity index is 2.53. The van der Waals surface area contributed by atoms with Crippen LogP contribution in [0.5, 0.6) is 5.75 Å². The fourth-order valence-electron chi connectivity index (χ4n) is 2.78. The van der Waals surface area contributed by atoms with E-state index in [0.29, 0.717) is 12.5 Å². The first kappa shape index (κ1) is 15.8. The molecule has 1 aromatic rings. The van der Waals surface area contributed by atoms with Gasteiger partial charge >= 0.3 is 0 Å². The van der Waals surface area contributed by atoms with Gasteiger partial charge in [0.2, 0.25) is 5.91 Å².